The van der Waals surface area contributed by atoms with Gasteiger partial charge in [0.05, 0.1) is 0 Å². The van der Waals surface area contributed by atoms with Crippen LogP contribution in [0.2, 0.25) is 0 Å². The van der Waals surface area contributed by atoms with Gasteiger partial charge in [-0.2, -0.15) is 0 Å². The van der Waals surface area contributed by atoms with Gasteiger partial charge in [0.25, 0.3) is 0 Å². The number of halogens is 1. The Bertz CT molecular complexity index is 584. The van der Waals surface area contributed by atoms with Crippen molar-refractivity contribution in [1.82, 2.24) is 0 Å². The molecular weight excluding hydrogens is 312 g/mol. The van der Waals surface area contributed by atoms with Crippen LogP contribution in [0.1, 0.15) is 28.8 Å². The molecule has 1 aromatic heterocycles. The number of furan rings is 1. The van der Waals surface area contributed by atoms with Crippen LogP contribution in [0.5, 0.6) is 0 Å². The molecule has 0 aliphatic heterocycles. The van der Waals surface area contributed by atoms with E-state index in [1.807, 2.05) is 24.3 Å². The van der Waals surface area contributed by atoms with Crippen LogP contribution in [-0.2, 0) is 12.0 Å². The van der Waals surface area contributed by atoms with Crippen LogP contribution >= 0.6 is 15.9 Å². The van der Waals surface area contributed by atoms with Crippen molar-refractivity contribution < 1.29 is 19.4 Å². The fourth-order valence-electron chi connectivity index (χ4n) is 1.83. The van der Waals surface area contributed by atoms with Crippen molar-refractivity contribution in [2.75, 3.05) is 0 Å². The Morgan fingerprint density at radius 1 is 1.26 bits per heavy atom. The summed E-state index contributed by atoms with van der Waals surface area (Å²) in [5.74, 6) is -1.08. The molecule has 2 N–H and O–H groups in total. The molecular formula is C14H13BrO4. The van der Waals surface area contributed by atoms with Gasteiger partial charge in [0.2, 0.25) is 5.76 Å². The number of carboxylic acid groups (broad SMARTS) is 1. The van der Waals surface area contributed by atoms with Gasteiger partial charge >= 0.3 is 5.97 Å². The van der Waals surface area contributed by atoms with E-state index in [9.17, 15) is 9.90 Å². The first-order valence-corrected chi connectivity index (χ1v) is 6.48. The highest BCUT2D eigenvalue weighted by molar-refractivity contribution is 9.10. The standard InChI is InChI=1S/C14H13BrO4/c1-14(18,8-9-2-4-10(15)5-3-9)12-7-6-11(19-12)13(16)17/h2-7,18H,8H2,1H3,(H,16,17). The van der Waals surface area contributed by atoms with Gasteiger partial charge in [0.15, 0.2) is 0 Å². The van der Waals surface area contributed by atoms with Gasteiger partial charge in [0.1, 0.15) is 11.4 Å². The van der Waals surface area contributed by atoms with Crippen molar-refractivity contribution in [1.29, 1.82) is 0 Å². The van der Waals surface area contributed by atoms with Gasteiger partial charge in [-0.15, -0.1) is 0 Å². The summed E-state index contributed by atoms with van der Waals surface area (Å²) in [6.45, 7) is 1.60. The molecule has 0 amide bonds. The lowest BCUT2D eigenvalue weighted by atomic mass is 9.94. The van der Waals surface area contributed by atoms with Crippen LogP contribution in [0.15, 0.2) is 45.3 Å². The molecule has 1 heterocycles. The Balaban J connectivity index is 2.21. The number of hydrogen-bond acceptors (Lipinski definition) is 3. The largest absolute Gasteiger partial charge is 0.475 e. The molecule has 5 heteroatoms. The van der Waals surface area contributed by atoms with Crippen molar-refractivity contribution in [3.63, 3.8) is 0 Å². The fraction of sp³-hybridized carbons (Fsp3) is 0.214. The molecule has 1 unspecified atom stereocenters. The third kappa shape index (κ3) is 3.24. The summed E-state index contributed by atoms with van der Waals surface area (Å²) in [4.78, 5) is 10.8. The van der Waals surface area contributed by atoms with E-state index in [2.05, 4.69) is 15.9 Å². The lowest BCUT2D eigenvalue weighted by Crippen LogP contribution is -2.23. The highest BCUT2D eigenvalue weighted by atomic mass is 79.9. The van der Waals surface area contributed by atoms with Crippen molar-refractivity contribution in [3.8, 4) is 0 Å². The number of carboxylic acids is 1. The van der Waals surface area contributed by atoms with E-state index in [0.717, 1.165) is 10.0 Å². The molecule has 0 saturated carbocycles. The predicted molar refractivity (Wildman–Crippen MR) is 73.1 cm³/mol. The molecule has 2 aromatic rings. The first kappa shape index (κ1) is 13.8. The number of carbonyl (C=O) groups is 1. The number of rotatable bonds is 4. The zero-order chi connectivity index (χ0) is 14.0. The van der Waals surface area contributed by atoms with E-state index in [1.54, 1.807) is 6.92 Å². The summed E-state index contributed by atoms with van der Waals surface area (Å²) in [6.07, 6.45) is 0.340. The third-order valence-electron chi connectivity index (χ3n) is 2.81. The second-order valence-corrected chi connectivity index (χ2v) is 5.46. The molecule has 0 spiro atoms. The van der Waals surface area contributed by atoms with Crippen LogP contribution in [0.25, 0.3) is 0 Å². The average molecular weight is 325 g/mol. The molecule has 1 atom stereocenters. The maximum atomic E-state index is 10.8. The van der Waals surface area contributed by atoms with Crippen LogP contribution in [0, 0.1) is 0 Å². The Morgan fingerprint density at radius 3 is 2.42 bits per heavy atom. The van der Waals surface area contributed by atoms with Crippen molar-refractivity contribution in [2.45, 2.75) is 18.9 Å². The molecule has 1 aromatic carbocycles. The minimum absolute atomic E-state index is 0.175. The summed E-state index contributed by atoms with van der Waals surface area (Å²) in [6, 6.07) is 10.4. The minimum Gasteiger partial charge on any atom is -0.475 e. The van der Waals surface area contributed by atoms with Gasteiger partial charge in [-0.1, -0.05) is 28.1 Å². The van der Waals surface area contributed by atoms with E-state index >= 15 is 0 Å². The first-order chi connectivity index (χ1) is 8.88. The Labute approximate surface area is 118 Å². The van der Waals surface area contributed by atoms with Crippen LogP contribution < -0.4 is 0 Å². The topological polar surface area (TPSA) is 70.7 Å². The molecule has 0 aliphatic carbocycles. The zero-order valence-electron chi connectivity index (χ0n) is 10.3. The lowest BCUT2D eigenvalue weighted by Gasteiger charge is -2.20. The first-order valence-electron chi connectivity index (χ1n) is 5.69. The molecule has 0 aliphatic rings. The molecule has 100 valence electrons. The van der Waals surface area contributed by atoms with Crippen LogP contribution in [0.3, 0.4) is 0 Å². The van der Waals surface area contributed by atoms with Gasteiger partial charge in [-0.05, 0) is 36.8 Å². The second-order valence-electron chi connectivity index (χ2n) is 4.55. The van der Waals surface area contributed by atoms with Gasteiger partial charge in [-0.3, -0.25) is 0 Å². The maximum Gasteiger partial charge on any atom is 0.371 e. The van der Waals surface area contributed by atoms with E-state index in [-0.39, 0.29) is 11.5 Å². The quantitative estimate of drug-likeness (QED) is 0.906. The molecule has 0 fully saturated rings. The predicted octanol–water partition coefficient (Wildman–Crippen LogP) is 3.19. The third-order valence-corrected chi connectivity index (χ3v) is 3.34. The monoisotopic (exact) mass is 324 g/mol. The molecule has 0 radical (unpaired) electrons. The van der Waals surface area contributed by atoms with Gasteiger partial charge < -0.3 is 14.6 Å². The normalized spacial score (nSPS) is 14.1. The fourth-order valence-corrected chi connectivity index (χ4v) is 2.09. The second kappa shape index (κ2) is 5.19. The Morgan fingerprint density at radius 2 is 1.89 bits per heavy atom. The number of hydrogen-bond donors (Lipinski definition) is 2. The molecule has 2 rings (SSSR count). The SMILES string of the molecule is CC(O)(Cc1ccc(Br)cc1)c1ccc(C(=O)O)o1. The van der Waals surface area contributed by atoms with Crippen LogP contribution in [-0.4, -0.2) is 16.2 Å². The summed E-state index contributed by atoms with van der Waals surface area (Å²) in [5.41, 5.74) is -0.317. The van der Waals surface area contributed by atoms with Crippen molar-refractivity contribution in [3.05, 3.63) is 58.0 Å². The minimum atomic E-state index is -1.25. The lowest BCUT2D eigenvalue weighted by molar-refractivity contribution is 0.0317. The highest BCUT2D eigenvalue weighted by Crippen LogP contribution is 2.27. The average Bonchev–Trinajstić information content (AvgIpc) is 2.82. The van der Waals surface area contributed by atoms with Crippen LogP contribution in [0.4, 0.5) is 0 Å². The number of benzene rings is 1. The van der Waals surface area contributed by atoms with Gasteiger partial charge in [-0.25, -0.2) is 4.79 Å². The summed E-state index contributed by atoms with van der Waals surface area (Å²) in [5, 5.41) is 19.2. The highest BCUT2D eigenvalue weighted by Gasteiger charge is 2.28. The van der Waals surface area contributed by atoms with Gasteiger partial charge in [0, 0.05) is 10.9 Å². The molecule has 0 bridgehead atoms. The summed E-state index contributed by atoms with van der Waals surface area (Å²) in [7, 11) is 0. The zero-order valence-corrected chi connectivity index (χ0v) is 11.8. The number of aliphatic hydroxyl groups is 1. The molecule has 4 nitrogen and oxygen atoms in total. The van der Waals surface area contributed by atoms with Crippen molar-refractivity contribution in [2.24, 2.45) is 0 Å². The Kier molecular flexibility index (Phi) is 3.78. The number of aromatic carboxylic acids is 1. The maximum absolute atomic E-state index is 10.8. The smallest absolute Gasteiger partial charge is 0.371 e. The summed E-state index contributed by atoms with van der Waals surface area (Å²) >= 11 is 3.34. The van der Waals surface area contributed by atoms with E-state index in [0.29, 0.717) is 6.42 Å². The van der Waals surface area contributed by atoms with E-state index < -0.39 is 11.6 Å². The Hall–Kier alpha value is -1.59. The molecule has 19 heavy (non-hydrogen) atoms. The van der Waals surface area contributed by atoms with E-state index in [4.69, 9.17) is 9.52 Å². The van der Waals surface area contributed by atoms with Crippen molar-refractivity contribution >= 4 is 21.9 Å². The van der Waals surface area contributed by atoms with E-state index in [1.165, 1.54) is 12.1 Å². The summed E-state index contributed by atoms with van der Waals surface area (Å²) < 4.78 is 6.11. The molecule has 0 saturated heterocycles.